The Morgan fingerprint density at radius 3 is 1.66 bits per heavy atom. The second kappa shape index (κ2) is 40.6. The van der Waals surface area contributed by atoms with E-state index in [9.17, 15) is 65.8 Å². The number of carbonyl (C=O) groups excluding carboxylic acids is 5. The Bertz CT molecular complexity index is 5280. The second-order valence-electron chi connectivity index (χ2n) is 32.6. The van der Waals surface area contributed by atoms with E-state index in [1.165, 1.54) is 38.5 Å². The van der Waals surface area contributed by atoms with Crippen molar-refractivity contribution in [2.45, 2.75) is 152 Å². The lowest BCUT2D eigenvalue weighted by Gasteiger charge is -2.39. The van der Waals surface area contributed by atoms with Gasteiger partial charge in [-0.15, -0.1) is 20.3 Å². The Hall–Kier alpha value is -10.9. The van der Waals surface area contributed by atoms with Gasteiger partial charge in [0.1, 0.15) is 68.3 Å². The van der Waals surface area contributed by atoms with Gasteiger partial charge < -0.3 is 95.8 Å². The molecule has 1 saturated carbocycles. The summed E-state index contributed by atoms with van der Waals surface area (Å²) < 4.78 is 131. The lowest BCUT2D eigenvalue weighted by molar-refractivity contribution is -0.916. The summed E-state index contributed by atoms with van der Waals surface area (Å²) in [6.07, 6.45) is -1.25. The number of alkyl carbamates (subject to hydrolysis) is 1. The van der Waals surface area contributed by atoms with Crippen molar-refractivity contribution in [1.82, 2.24) is 15.1 Å². The van der Waals surface area contributed by atoms with Gasteiger partial charge in [-0.25, -0.2) is 4.79 Å². The number of carbonyl (C=O) groups is 5. The maximum Gasteiger partial charge on any atom is 0.501 e. The largest absolute Gasteiger partial charge is 0.501 e. The molecule has 2 fully saturated rings. The molecule has 0 radical (unpaired) electrons. The normalized spacial score (nSPS) is 21.3. The minimum atomic E-state index is -5.09. The smallest absolute Gasteiger partial charge is 0.493 e. The maximum absolute atomic E-state index is 14.3. The summed E-state index contributed by atoms with van der Waals surface area (Å²) in [5.41, 5.74) is 9.29. The molecular weight excluding hydrogens is 1660 g/mol. The van der Waals surface area contributed by atoms with E-state index in [1.807, 2.05) is 90.9 Å². The molecule has 0 spiro atoms. The molecular formula is C91H103N6O26S2+. The van der Waals surface area contributed by atoms with Gasteiger partial charge in [0.05, 0.1) is 103 Å². The van der Waals surface area contributed by atoms with Gasteiger partial charge in [-0.2, -0.15) is 8.42 Å². The number of amides is 3. The molecule has 1 saturated heterocycles. The van der Waals surface area contributed by atoms with Crippen LogP contribution >= 0.6 is 0 Å². The van der Waals surface area contributed by atoms with Crippen LogP contribution in [0.2, 0.25) is 0 Å². The first-order chi connectivity index (χ1) is 60.2. The molecule has 664 valence electrons. The zero-order chi connectivity index (χ0) is 88.1. The van der Waals surface area contributed by atoms with Gasteiger partial charge in [-0.3, -0.25) is 33.7 Å². The lowest BCUT2D eigenvalue weighted by Crippen LogP contribution is -2.60. The first-order valence-electron chi connectivity index (χ1n) is 41.6. The molecule has 5 heterocycles. The van der Waals surface area contributed by atoms with Gasteiger partial charge in [0.2, 0.25) is 6.29 Å². The first kappa shape index (κ1) is 90.3. The summed E-state index contributed by atoms with van der Waals surface area (Å²) in [4.78, 5) is 81.4. The van der Waals surface area contributed by atoms with Crippen LogP contribution in [-0.2, 0) is 101 Å². The summed E-state index contributed by atoms with van der Waals surface area (Å²) >= 11 is 0. The number of ketones is 2. The molecule has 3 amide bonds. The highest BCUT2D eigenvalue weighted by Crippen LogP contribution is 2.53. The number of hydrogen-bond donors (Lipinski definition) is 6. The van der Waals surface area contributed by atoms with Crippen molar-refractivity contribution in [2.75, 3.05) is 86.9 Å². The van der Waals surface area contributed by atoms with Crippen LogP contribution in [0.5, 0.6) is 40.2 Å². The van der Waals surface area contributed by atoms with Crippen LogP contribution in [0, 0.1) is 29.6 Å². The Morgan fingerprint density at radius 1 is 0.592 bits per heavy atom. The predicted octanol–water partition coefficient (Wildman–Crippen LogP) is 8.87. The van der Waals surface area contributed by atoms with E-state index in [1.54, 1.807) is 36.4 Å². The minimum absolute atomic E-state index is 0.0322. The minimum Gasteiger partial charge on any atom is -0.493 e. The SMILES string of the molecule is COc1cc2c(cc1OCc1cc(COc3cc4c(cc3OC)C(=O)N3Cc5ccccc5C[C@H]3C=N4)cc(C[N+](C)(C)Cc3ccc(OS(=O)(=O)Oc4cc(C(=O)CCCOCCOCCOCCCC(=O)[C@@H](CS(=O)(=O)O)NC(=O)OCC5[C@H]6CCC#CCC[C@@H]56)ccc4OC4O[C@H](CO)[C@H](O)[C@H](O)[C@H]4O)cc3)c1)N=C[C@@H]1Cc3ccccc3CN1C2=O. The number of aliphatic hydroxyl groups is 4. The fourth-order valence-electron chi connectivity index (χ4n) is 16.7. The topological polar surface area (TPSA) is 409 Å². The van der Waals surface area contributed by atoms with Crippen LogP contribution in [0.3, 0.4) is 0 Å². The molecule has 14 rings (SSSR count). The number of Topliss-reactive ketones (excluding diaryl/α,β-unsaturated/α-hetero) is 2. The monoisotopic (exact) mass is 1760 g/mol. The number of aliphatic hydroxyl groups excluding tert-OH is 4. The van der Waals surface area contributed by atoms with Gasteiger partial charge in [0, 0.05) is 93.2 Å². The summed E-state index contributed by atoms with van der Waals surface area (Å²) in [7, 11) is -2.64. The summed E-state index contributed by atoms with van der Waals surface area (Å²) in [6.45, 7) is 1.94. The summed E-state index contributed by atoms with van der Waals surface area (Å²) in [5, 5.41) is 44.2. The number of aliphatic imine (C=N–C) groups is 2. The number of hydrogen-bond acceptors (Lipinski definition) is 27. The van der Waals surface area contributed by atoms with E-state index in [-0.39, 0.29) is 126 Å². The van der Waals surface area contributed by atoms with Crippen molar-refractivity contribution >= 4 is 73.8 Å². The standard InChI is InChI=1S/C91H102N6O26S2/c1-97(2,50-57-35-58(52-117-81-43-73-70(41-79(81)112-3)88(104)95-47-63-17-11-9-15-60(63)38-65(95)45-92-73)37-59(36-57)53-118-82-44-74-71(42-80(82)113-4)89(105)96-48-64-18-12-10-16-61(64)39-66(96)46-93-74)49-56-23-26-67(27-24-56)122-125(110,111)123-83-40-62(25-28-78(83)120-90-87(103)86(102)85(101)84(51-98)121-90)76(99)21-13-29-114-31-33-116-34-32-115-30-14-22-77(100)75(55-124(107,108)109)94-91(106)119-54-72-68-19-7-5-6-8-20-69(68)72/h9-12,15-18,23-28,35-37,40-46,65-66,68-69,72,75,84-87,90,98,101-103H,7-8,13-14,19-22,29-34,38-39,47-55H2,1-4H3,(H-,94,106,107,108,109)/p+1/t65-,66-,68-,69+,72?,75+,84+,85-,86-,87+,90?/m0/s1. The Labute approximate surface area is 724 Å². The van der Waals surface area contributed by atoms with Crippen molar-refractivity contribution in [3.8, 4) is 52.1 Å². The van der Waals surface area contributed by atoms with Gasteiger partial charge in [-0.1, -0.05) is 48.5 Å². The first-order valence-corrected chi connectivity index (χ1v) is 44.5. The Balaban J connectivity index is 0.591. The van der Waals surface area contributed by atoms with Gasteiger partial charge in [0.15, 0.2) is 46.1 Å². The molecule has 11 atom stereocenters. The number of methoxy groups -OCH3 is 2. The summed E-state index contributed by atoms with van der Waals surface area (Å²) in [6, 6.07) is 36.8. The van der Waals surface area contributed by atoms with Crippen LogP contribution < -0.4 is 37.4 Å². The zero-order valence-corrected chi connectivity index (χ0v) is 71.4. The number of fused-ring (bicyclic) bond motifs is 7. The molecule has 7 aliphatic rings. The average Bonchev–Trinajstić information content (AvgIpc) is 1.80. The highest BCUT2D eigenvalue weighted by atomic mass is 32.3. The van der Waals surface area contributed by atoms with Crippen molar-refractivity contribution in [3.63, 3.8) is 0 Å². The Morgan fingerprint density at radius 2 is 1.12 bits per heavy atom. The number of benzene rings is 7. The number of quaternary nitrogens is 1. The molecule has 0 bridgehead atoms. The van der Waals surface area contributed by atoms with Crippen molar-refractivity contribution in [2.24, 2.45) is 27.7 Å². The molecule has 2 unspecified atom stereocenters. The van der Waals surface area contributed by atoms with Crippen molar-refractivity contribution in [1.29, 1.82) is 0 Å². The van der Waals surface area contributed by atoms with E-state index in [0.29, 0.717) is 101 Å². The zero-order valence-electron chi connectivity index (χ0n) is 69.7. The highest BCUT2D eigenvalue weighted by Gasteiger charge is 2.50. The Kier molecular flexibility index (Phi) is 29.3. The highest BCUT2D eigenvalue weighted by molar-refractivity contribution is 7.85. The third-order valence-corrected chi connectivity index (χ3v) is 24.7. The van der Waals surface area contributed by atoms with Crippen LogP contribution in [-0.4, -0.2) is 234 Å². The van der Waals surface area contributed by atoms with Crippen LogP contribution in [0.15, 0.2) is 143 Å². The molecule has 32 nitrogen and oxygen atoms in total. The number of nitrogens with one attached hydrogen (secondary N) is 1. The van der Waals surface area contributed by atoms with Crippen LogP contribution in [0.25, 0.3) is 0 Å². The van der Waals surface area contributed by atoms with E-state index in [4.69, 9.17) is 65.7 Å². The maximum atomic E-state index is 14.3. The number of ether oxygens (including phenoxy) is 10. The quantitative estimate of drug-likeness (QED) is 0.00686. The van der Waals surface area contributed by atoms with Gasteiger partial charge in [0.25, 0.3) is 21.9 Å². The van der Waals surface area contributed by atoms with Crippen LogP contribution in [0.4, 0.5) is 16.2 Å². The molecule has 7 aromatic rings. The molecule has 34 heteroatoms. The molecule has 2 aliphatic carbocycles. The third kappa shape index (κ3) is 23.2. The van der Waals surface area contributed by atoms with E-state index in [0.717, 1.165) is 76.3 Å². The lowest BCUT2D eigenvalue weighted by atomic mass is 9.94. The van der Waals surface area contributed by atoms with Crippen LogP contribution in [0.1, 0.15) is 127 Å². The predicted molar refractivity (Wildman–Crippen MR) is 454 cm³/mol. The number of nitrogens with zero attached hydrogens (tertiary/aromatic N) is 5. The molecule has 7 aromatic carbocycles. The average molecular weight is 1760 g/mol. The molecule has 6 N–H and O–H groups in total. The van der Waals surface area contributed by atoms with Crippen molar-refractivity contribution < 1.29 is 126 Å². The van der Waals surface area contributed by atoms with E-state index in [2.05, 4.69) is 29.3 Å². The fourth-order valence-corrected chi connectivity index (χ4v) is 18.2. The van der Waals surface area contributed by atoms with E-state index < -0.39 is 98.8 Å². The molecule has 5 aliphatic heterocycles. The number of rotatable bonds is 40. The van der Waals surface area contributed by atoms with Gasteiger partial charge in [-0.05, 0) is 162 Å². The molecule has 0 aromatic heterocycles. The fraction of sp³-hybridized carbons (Fsp3) is 0.440. The van der Waals surface area contributed by atoms with Gasteiger partial charge >= 0.3 is 16.5 Å². The molecule has 125 heavy (non-hydrogen) atoms. The second-order valence-corrected chi connectivity index (χ2v) is 35.3. The summed E-state index contributed by atoms with van der Waals surface area (Å²) in [5.74, 6) is 5.03. The van der Waals surface area contributed by atoms with Crippen molar-refractivity contribution in [3.05, 3.63) is 195 Å². The third-order valence-electron chi connectivity index (χ3n) is 23.1. The van der Waals surface area contributed by atoms with E-state index >= 15 is 0 Å².